The minimum atomic E-state index is -1.12. The standard InChI is InChI=1S/C17H22BrN3O4/c1-10(25-16(23)13-9-11(18)7-8-14(13)19)15(22)21-17(24)20-12-5-3-2-4-6-12/h7-10,12H,2-6,19H2,1H3,(H2,20,21,22,24)/t10-/m1/s1. The van der Waals surface area contributed by atoms with Gasteiger partial charge in [0.1, 0.15) is 0 Å². The normalized spacial score (nSPS) is 15.9. The Morgan fingerprint density at radius 1 is 1.24 bits per heavy atom. The molecule has 7 nitrogen and oxygen atoms in total. The molecule has 1 atom stereocenters. The van der Waals surface area contributed by atoms with Crippen LogP contribution in [-0.4, -0.2) is 30.1 Å². The highest BCUT2D eigenvalue weighted by Gasteiger charge is 2.23. The summed E-state index contributed by atoms with van der Waals surface area (Å²) in [6, 6.07) is 4.28. The fourth-order valence-electron chi connectivity index (χ4n) is 2.66. The summed E-state index contributed by atoms with van der Waals surface area (Å²) in [4.78, 5) is 36.0. The van der Waals surface area contributed by atoms with Crippen molar-refractivity contribution < 1.29 is 19.1 Å². The Bertz CT molecular complexity index is 659. The van der Waals surface area contributed by atoms with E-state index >= 15 is 0 Å². The van der Waals surface area contributed by atoms with Gasteiger partial charge < -0.3 is 15.8 Å². The van der Waals surface area contributed by atoms with Crippen LogP contribution in [0.25, 0.3) is 0 Å². The van der Waals surface area contributed by atoms with Crippen molar-refractivity contribution in [3.05, 3.63) is 28.2 Å². The van der Waals surface area contributed by atoms with Crippen molar-refractivity contribution in [1.82, 2.24) is 10.6 Å². The van der Waals surface area contributed by atoms with E-state index in [2.05, 4.69) is 26.6 Å². The lowest BCUT2D eigenvalue weighted by molar-refractivity contribution is -0.127. The molecule has 0 radical (unpaired) electrons. The Balaban J connectivity index is 1.85. The Morgan fingerprint density at radius 3 is 2.60 bits per heavy atom. The molecule has 1 aliphatic carbocycles. The third kappa shape index (κ3) is 5.74. The number of carbonyl (C=O) groups is 3. The fourth-order valence-corrected chi connectivity index (χ4v) is 3.03. The van der Waals surface area contributed by atoms with E-state index in [0.29, 0.717) is 4.47 Å². The highest BCUT2D eigenvalue weighted by Crippen LogP contribution is 2.20. The first-order valence-electron chi connectivity index (χ1n) is 8.24. The van der Waals surface area contributed by atoms with E-state index in [1.165, 1.54) is 19.4 Å². The van der Waals surface area contributed by atoms with Crippen LogP contribution in [0.5, 0.6) is 0 Å². The summed E-state index contributed by atoms with van der Waals surface area (Å²) in [7, 11) is 0. The molecule has 0 heterocycles. The minimum absolute atomic E-state index is 0.0841. The van der Waals surface area contributed by atoms with Gasteiger partial charge in [0.25, 0.3) is 5.91 Å². The third-order valence-corrected chi connectivity index (χ3v) is 4.56. The van der Waals surface area contributed by atoms with Crippen LogP contribution in [0.15, 0.2) is 22.7 Å². The maximum atomic E-state index is 12.1. The molecule has 1 aliphatic rings. The van der Waals surface area contributed by atoms with E-state index in [1.807, 2.05) is 0 Å². The summed E-state index contributed by atoms with van der Waals surface area (Å²) in [6.07, 6.45) is 4.01. The molecule has 1 saturated carbocycles. The molecule has 1 fully saturated rings. The van der Waals surface area contributed by atoms with Gasteiger partial charge in [-0.2, -0.15) is 0 Å². The zero-order chi connectivity index (χ0) is 18.4. The molecule has 136 valence electrons. The maximum Gasteiger partial charge on any atom is 0.341 e. The lowest BCUT2D eigenvalue weighted by atomic mass is 9.96. The number of nitrogens with two attached hydrogens (primary N) is 1. The quantitative estimate of drug-likeness (QED) is 0.520. The summed E-state index contributed by atoms with van der Waals surface area (Å²) < 4.78 is 5.76. The molecule has 3 amide bonds. The van der Waals surface area contributed by atoms with Crippen LogP contribution in [0.1, 0.15) is 49.4 Å². The van der Waals surface area contributed by atoms with Crippen LogP contribution in [0.2, 0.25) is 0 Å². The van der Waals surface area contributed by atoms with Gasteiger partial charge in [0.2, 0.25) is 0 Å². The van der Waals surface area contributed by atoms with Crippen LogP contribution in [0.3, 0.4) is 0 Å². The molecule has 2 rings (SSSR count). The third-order valence-electron chi connectivity index (χ3n) is 4.07. The van der Waals surface area contributed by atoms with Crippen molar-refractivity contribution in [3.8, 4) is 0 Å². The molecule has 0 bridgehead atoms. The number of carbonyl (C=O) groups excluding carboxylic acids is 3. The second-order valence-electron chi connectivity index (χ2n) is 6.08. The van der Waals surface area contributed by atoms with E-state index in [9.17, 15) is 14.4 Å². The molecule has 25 heavy (non-hydrogen) atoms. The number of halogens is 1. The number of hydrogen-bond acceptors (Lipinski definition) is 5. The average Bonchev–Trinajstić information content (AvgIpc) is 2.57. The average molecular weight is 412 g/mol. The Morgan fingerprint density at radius 2 is 1.92 bits per heavy atom. The predicted octanol–water partition coefficient (Wildman–Crippen LogP) is 2.74. The number of nitrogen functional groups attached to an aromatic ring is 1. The number of esters is 1. The van der Waals surface area contributed by atoms with E-state index in [-0.39, 0.29) is 17.3 Å². The number of rotatable bonds is 4. The van der Waals surface area contributed by atoms with Crippen LogP contribution < -0.4 is 16.4 Å². The number of nitrogens with one attached hydrogen (secondary N) is 2. The molecule has 4 N–H and O–H groups in total. The van der Waals surface area contributed by atoms with Gasteiger partial charge in [0, 0.05) is 16.2 Å². The van der Waals surface area contributed by atoms with Crippen molar-refractivity contribution in [2.45, 2.75) is 51.2 Å². The van der Waals surface area contributed by atoms with E-state index in [0.717, 1.165) is 25.7 Å². The van der Waals surface area contributed by atoms with Crippen LogP contribution in [0, 0.1) is 0 Å². The van der Waals surface area contributed by atoms with Gasteiger partial charge in [-0.1, -0.05) is 35.2 Å². The zero-order valence-electron chi connectivity index (χ0n) is 14.0. The summed E-state index contributed by atoms with van der Waals surface area (Å²) >= 11 is 3.24. The number of urea groups is 1. The first-order chi connectivity index (χ1) is 11.9. The number of ether oxygens (including phenoxy) is 1. The summed E-state index contributed by atoms with van der Waals surface area (Å²) in [5, 5.41) is 4.97. The smallest absolute Gasteiger partial charge is 0.341 e. The van der Waals surface area contributed by atoms with Crippen LogP contribution in [-0.2, 0) is 9.53 Å². The molecular formula is C17H22BrN3O4. The maximum absolute atomic E-state index is 12.1. The highest BCUT2D eigenvalue weighted by atomic mass is 79.9. The first-order valence-corrected chi connectivity index (χ1v) is 9.03. The zero-order valence-corrected chi connectivity index (χ0v) is 15.6. The molecule has 1 aromatic rings. The molecule has 8 heteroatoms. The second kappa shape index (κ2) is 8.84. The van der Waals surface area contributed by atoms with Gasteiger partial charge >= 0.3 is 12.0 Å². The topological polar surface area (TPSA) is 111 Å². The summed E-state index contributed by atoms with van der Waals surface area (Å²) in [6.45, 7) is 1.40. The van der Waals surface area contributed by atoms with Crippen molar-refractivity contribution in [2.75, 3.05) is 5.73 Å². The SMILES string of the molecule is C[C@@H](OC(=O)c1cc(Br)ccc1N)C(=O)NC(=O)NC1CCCCC1. The molecule has 0 aromatic heterocycles. The number of amides is 3. The second-order valence-corrected chi connectivity index (χ2v) is 6.99. The van der Waals surface area contributed by atoms with Gasteiger partial charge in [-0.15, -0.1) is 0 Å². The fraction of sp³-hybridized carbons (Fsp3) is 0.471. The first kappa shape index (κ1) is 19.2. The van der Waals surface area contributed by atoms with Crippen LogP contribution >= 0.6 is 15.9 Å². The number of benzene rings is 1. The molecule has 0 spiro atoms. The van der Waals surface area contributed by atoms with Crippen molar-refractivity contribution in [3.63, 3.8) is 0 Å². The summed E-state index contributed by atoms with van der Waals surface area (Å²) in [5.41, 5.74) is 6.14. The molecule has 0 saturated heterocycles. The number of hydrogen-bond donors (Lipinski definition) is 3. The number of imide groups is 1. The number of anilines is 1. The van der Waals surface area contributed by atoms with Crippen molar-refractivity contribution >= 4 is 39.5 Å². The molecule has 0 unspecified atom stereocenters. The summed E-state index contributed by atoms with van der Waals surface area (Å²) in [5.74, 6) is -1.41. The predicted molar refractivity (Wildman–Crippen MR) is 97.0 cm³/mol. The van der Waals surface area contributed by atoms with Gasteiger partial charge in [-0.3, -0.25) is 10.1 Å². The Kier molecular flexibility index (Phi) is 6.81. The van der Waals surface area contributed by atoms with Gasteiger partial charge in [-0.05, 0) is 38.0 Å². The minimum Gasteiger partial charge on any atom is -0.449 e. The largest absolute Gasteiger partial charge is 0.449 e. The lowest BCUT2D eigenvalue weighted by Gasteiger charge is -2.23. The molecule has 0 aliphatic heterocycles. The monoisotopic (exact) mass is 411 g/mol. The molecular weight excluding hydrogens is 390 g/mol. The van der Waals surface area contributed by atoms with E-state index < -0.39 is 24.0 Å². The molecule has 1 aromatic carbocycles. The Hall–Kier alpha value is -2.09. The van der Waals surface area contributed by atoms with Crippen LogP contribution in [0.4, 0.5) is 10.5 Å². The highest BCUT2D eigenvalue weighted by molar-refractivity contribution is 9.10. The van der Waals surface area contributed by atoms with Gasteiger partial charge in [0.05, 0.1) is 5.56 Å². The Labute approximate surface area is 154 Å². The lowest BCUT2D eigenvalue weighted by Crippen LogP contribution is -2.48. The van der Waals surface area contributed by atoms with Gasteiger partial charge in [0.15, 0.2) is 6.10 Å². The van der Waals surface area contributed by atoms with Gasteiger partial charge in [-0.25, -0.2) is 9.59 Å². The van der Waals surface area contributed by atoms with E-state index in [1.54, 1.807) is 12.1 Å². The van der Waals surface area contributed by atoms with Crippen molar-refractivity contribution in [1.29, 1.82) is 0 Å². The van der Waals surface area contributed by atoms with Crippen molar-refractivity contribution in [2.24, 2.45) is 0 Å². The van der Waals surface area contributed by atoms with E-state index in [4.69, 9.17) is 10.5 Å².